The molecule has 1 aromatic rings. The zero-order valence-corrected chi connectivity index (χ0v) is 14.5. The number of nitro groups is 1. The van der Waals surface area contributed by atoms with Crippen molar-refractivity contribution in [1.29, 1.82) is 0 Å². The molecule has 2 N–H and O–H groups in total. The molecule has 0 atom stereocenters. The highest BCUT2D eigenvalue weighted by Gasteiger charge is 2.23. The Morgan fingerprint density at radius 1 is 1.40 bits per heavy atom. The molecule has 0 unspecified atom stereocenters. The Kier molecular flexibility index (Phi) is 7.99. The number of alkyl halides is 2. The van der Waals surface area contributed by atoms with Gasteiger partial charge in [0.05, 0.1) is 4.92 Å². The third kappa shape index (κ3) is 6.49. The topological polar surface area (TPSA) is 97.8 Å². The van der Waals surface area contributed by atoms with Crippen molar-refractivity contribution in [2.24, 2.45) is 5.73 Å². The van der Waals surface area contributed by atoms with Crippen LogP contribution in [0.15, 0.2) is 18.3 Å². The van der Waals surface area contributed by atoms with E-state index in [1.165, 1.54) is 12.3 Å². The zero-order chi connectivity index (χ0) is 19.0. The number of likely N-dealkylation sites (N-methyl/N-ethyl adjacent to an activating group) is 2. The van der Waals surface area contributed by atoms with E-state index in [4.69, 9.17) is 10.5 Å². The summed E-state index contributed by atoms with van der Waals surface area (Å²) in [6.45, 7) is 0.344. The molecule has 0 radical (unpaired) electrons. The second kappa shape index (κ2) is 9.72. The first-order chi connectivity index (χ1) is 11.8. The first-order valence-corrected chi connectivity index (χ1v) is 7.58. The maximum absolute atomic E-state index is 12.4. The van der Waals surface area contributed by atoms with Crippen molar-refractivity contribution in [2.45, 2.75) is 12.8 Å². The summed E-state index contributed by atoms with van der Waals surface area (Å²) < 4.78 is 29.7. The van der Waals surface area contributed by atoms with Crippen molar-refractivity contribution in [1.82, 2.24) is 9.88 Å². The Bertz CT molecular complexity index is 611. The Morgan fingerprint density at radius 3 is 2.60 bits per heavy atom. The van der Waals surface area contributed by atoms with E-state index in [2.05, 4.69) is 4.98 Å². The molecule has 0 saturated heterocycles. The average molecular weight is 359 g/mol. The lowest BCUT2D eigenvalue weighted by atomic mass is 10.1. The molecule has 25 heavy (non-hydrogen) atoms. The summed E-state index contributed by atoms with van der Waals surface area (Å²) in [6, 6.07) is 1.29. The number of rotatable bonds is 10. The summed E-state index contributed by atoms with van der Waals surface area (Å²) in [5.74, 6) is 0.00676. The van der Waals surface area contributed by atoms with Gasteiger partial charge in [0.15, 0.2) is 6.61 Å². The molecule has 1 rings (SSSR count). The van der Waals surface area contributed by atoms with Crippen LogP contribution < -0.4 is 15.4 Å². The number of aromatic nitrogens is 1. The van der Waals surface area contributed by atoms with E-state index < -0.39 is 29.5 Å². The van der Waals surface area contributed by atoms with Crippen LogP contribution in [0.1, 0.15) is 5.56 Å². The van der Waals surface area contributed by atoms with Crippen molar-refractivity contribution < 1.29 is 18.4 Å². The smallest absolute Gasteiger partial charge is 0.331 e. The van der Waals surface area contributed by atoms with E-state index in [9.17, 15) is 18.9 Å². The fraction of sp³-hybridized carbons (Fsp3) is 0.533. The minimum absolute atomic E-state index is 0.321. The van der Waals surface area contributed by atoms with Crippen LogP contribution in [-0.2, 0) is 6.42 Å². The number of anilines is 1. The molecule has 8 nitrogen and oxygen atoms in total. The molecule has 0 fully saturated rings. The van der Waals surface area contributed by atoms with Gasteiger partial charge in [-0.1, -0.05) is 6.08 Å². The summed E-state index contributed by atoms with van der Waals surface area (Å²) in [5.41, 5.74) is 5.45. The lowest BCUT2D eigenvalue weighted by molar-refractivity contribution is -0.386. The van der Waals surface area contributed by atoms with Crippen molar-refractivity contribution in [3.63, 3.8) is 0 Å². The van der Waals surface area contributed by atoms with Gasteiger partial charge in [0.25, 0.3) is 12.3 Å². The number of halogens is 2. The molecule has 10 heteroatoms. The van der Waals surface area contributed by atoms with Crippen LogP contribution >= 0.6 is 0 Å². The predicted molar refractivity (Wildman–Crippen MR) is 91.2 cm³/mol. The fourth-order valence-electron chi connectivity index (χ4n) is 2.03. The van der Waals surface area contributed by atoms with Gasteiger partial charge >= 0.3 is 5.69 Å². The molecule has 0 amide bonds. The van der Waals surface area contributed by atoms with Gasteiger partial charge in [-0.3, -0.25) is 10.1 Å². The quantitative estimate of drug-likeness (QED) is 0.501. The lowest BCUT2D eigenvalue weighted by Gasteiger charge is -2.23. The molecular weight excluding hydrogens is 336 g/mol. The Morgan fingerprint density at radius 2 is 2.08 bits per heavy atom. The number of hydrogen-bond donors (Lipinski definition) is 1. The van der Waals surface area contributed by atoms with E-state index >= 15 is 0 Å². The van der Waals surface area contributed by atoms with E-state index in [1.54, 1.807) is 18.0 Å². The van der Waals surface area contributed by atoms with Crippen LogP contribution in [0.25, 0.3) is 0 Å². The van der Waals surface area contributed by atoms with Crippen molar-refractivity contribution in [3.05, 3.63) is 34.0 Å². The van der Waals surface area contributed by atoms with Gasteiger partial charge in [0.2, 0.25) is 0 Å². The van der Waals surface area contributed by atoms with Crippen LogP contribution in [0.5, 0.6) is 5.88 Å². The number of nitrogens with two attached hydrogens (primary N) is 1. The highest BCUT2D eigenvalue weighted by Crippen LogP contribution is 2.32. The zero-order valence-electron chi connectivity index (χ0n) is 14.5. The number of allylic oxidation sites excluding steroid dienone is 1. The molecule has 0 aliphatic heterocycles. The average Bonchev–Trinajstić information content (AvgIpc) is 2.55. The molecule has 0 aliphatic carbocycles. The van der Waals surface area contributed by atoms with Crippen molar-refractivity contribution in [3.8, 4) is 5.88 Å². The number of hydrogen-bond acceptors (Lipinski definition) is 7. The summed E-state index contributed by atoms with van der Waals surface area (Å²) in [7, 11) is 5.59. The number of ether oxygens (including phenoxy) is 1. The maximum Gasteiger partial charge on any atom is 0.331 e. The Labute approximate surface area is 145 Å². The van der Waals surface area contributed by atoms with E-state index in [0.29, 0.717) is 30.9 Å². The first-order valence-electron chi connectivity index (χ1n) is 7.58. The molecule has 0 bridgehead atoms. The van der Waals surface area contributed by atoms with Crippen molar-refractivity contribution >= 4 is 11.5 Å². The van der Waals surface area contributed by atoms with Crippen molar-refractivity contribution in [2.75, 3.05) is 45.7 Å². The monoisotopic (exact) mass is 359 g/mol. The molecule has 1 aromatic heterocycles. The number of nitrogens with zero attached hydrogens (tertiary/aromatic N) is 4. The van der Waals surface area contributed by atoms with Gasteiger partial charge < -0.3 is 20.3 Å². The fourth-order valence-corrected chi connectivity index (χ4v) is 2.03. The van der Waals surface area contributed by atoms with E-state index in [-0.39, 0.29) is 0 Å². The van der Waals surface area contributed by atoms with Gasteiger partial charge in [-0.05, 0) is 26.7 Å². The van der Waals surface area contributed by atoms with Gasteiger partial charge in [-0.15, -0.1) is 0 Å². The normalized spacial score (nSPS) is 11.5. The second-order valence-electron chi connectivity index (χ2n) is 5.61. The molecule has 0 aromatic carbocycles. The molecule has 1 heterocycles. The highest BCUT2D eigenvalue weighted by molar-refractivity contribution is 5.57. The van der Waals surface area contributed by atoms with Gasteiger partial charge in [0.1, 0.15) is 5.82 Å². The van der Waals surface area contributed by atoms with Crippen LogP contribution in [-0.4, -0.2) is 62.1 Å². The second-order valence-corrected chi connectivity index (χ2v) is 5.61. The minimum Gasteiger partial charge on any atom is -0.467 e. The molecule has 0 aliphatic rings. The van der Waals surface area contributed by atoms with Gasteiger partial charge in [0, 0.05) is 31.8 Å². The van der Waals surface area contributed by atoms with Crippen LogP contribution in [0.3, 0.4) is 0 Å². The Balaban J connectivity index is 3.27. The largest absolute Gasteiger partial charge is 0.467 e. The molecule has 0 saturated carbocycles. The summed E-state index contributed by atoms with van der Waals surface area (Å²) in [4.78, 5) is 18.4. The highest BCUT2D eigenvalue weighted by atomic mass is 19.3. The standard InChI is InChI=1S/C15H23F2N5O3/c1-20(2)7-8-21(3)14-11(5-4-6-18)9-12(22(23)24)15(19-14)25-10-13(16)17/h4,6,9,13H,5,7-8,10,18H2,1-3H3. The lowest BCUT2D eigenvalue weighted by Crippen LogP contribution is -2.30. The SMILES string of the molecule is CN(C)CCN(C)c1nc(OCC(F)F)c([N+](=O)[O-])cc1CC=CN. The van der Waals surface area contributed by atoms with Crippen LogP contribution in [0.4, 0.5) is 20.3 Å². The summed E-state index contributed by atoms with van der Waals surface area (Å²) >= 11 is 0. The number of pyridine rings is 1. The molecule has 0 spiro atoms. The van der Waals surface area contributed by atoms with E-state index in [0.717, 1.165) is 0 Å². The predicted octanol–water partition coefficient (Wildman–Crippen LogP) is 1.65. The molecule has 140 valence electrons. The third-order valence-electron chi connectivity index (χ3n) is 3.29. The van der Waals surface area contributed by atoms with Gasteiger partial charge in [-0.2, -0.15) is 4.98 Å². The maximum atomic E-state index is 12.4. The van der Waals surface area contributed by atoms with Crippen LogP contribution in [0, 0.1) is 10.1 Å². The van der Waals surface area contributed by atoms with Gasteiger partial charge in [-0.25, -0.2) is 8.78 Å². The third-order valence-corrected chi connectivity index (χ3v) is 3.29. The summed E-state index contributed by atoms with van der Waals surface area (Å²) in [5, 5.41) is 11.2. The summed E-state index contributed by atoms with van der Waals surface area (Å²) in [6.07, 6.45) is 0.526. The van der Waals surface area contributed by atoms with Crippen LogP contribution in [0.2, 0.25) is 0 Å². The molecular formula is C15H23F2N5O3. The Hall–Kier alpha value is -2.49. The first kappa shape index (κ1) is 20.6. The minimum atomic E-state index is -2.75. The van der Waals surface area contributed by atoms with E-state index in [1.807, 2.05) is 19.0 Å².